The molecule has 1 N–H and O–H groups in total. The number of carbonyl (C=O) groups excluding carboxylic acids is 2. The molecular weight excluding hydrogens is 364 g/mol. The van der Waals surface area contributed by atoms with Crippen LogP contribution in [0.1, 0.15) is 38.3 Å². The number of nitrogens with zero attached hydrogens (tertiary/aromatic N) is 1. The predicted molar refractivity (Wildman–Crippen MR) is 115 cm³/mol. The summed E-state index contributed by atoms with van der Waals surface area (Å²) >= 11 is 0. The Balaban J connectivity index is 1.86. The Morgan fingerprint density at radius 1 is 0.966 bits per heavy atom. The van der Waals surface area contributed by atoms with Gasteiger partial charge in [0.05, 0.1) is 11.7 Å². The van der Waals surface area contributed by atoms with E-state index in [0.29, 0.717) is 30.8 Å². The van der Waals surface area contributed by atoms with Gasteiger partial charge in [0, 0.05) is 18.8 Å². The SMILES string of the molecule is CCc1ccc(NC2=C(c3ccccc3)C(=O)N(CCCOC(C)C)C2=O)cc1. The zero-order chi connectivity index (χ0) is 20.8. The largest absolute Gasteiger partial charge is 0.379 e. The summed E-state index contributed by atoms with van der Waals surface area (Å²) in [6.45, 7) is 6.87. The molecule has 5 heteroatoms. The Hall–Kier alpha value is -2.92. The molecule has 1 heterocycles. The lowest BCUT2D eigenvalue weighted by Crippen LogP contribution is -2.34. The maximum Gasteiger partial charge on any atom is 0.278 e. The third kappa shape index (κ3) is 4.93. The molecule has 0 fully saturated rings. The minimum Gasteiger partial charge on any atom is -0.379 e. The summed E-state index contributed by atoms with van der Waals surface area (Å²) in [6.07, 6.45) is 1.68. The first kappa shape index (κ1) is 20.8. The van der Waals surface area contributed by atoms with E-state index in [1.165, 1.54) is 10.5 Å². The fourth-order valence-corrected chi connectivity index (χ4v) is 3.28. The standard InChI is InChI=1S/C24H28N2O3/c1-4-18-11-13-20(14-12-18)25-22-21(19-9-6-5-7-10-19)23(27)26(24(22)28)15-8-16-29-17(2)3/h5-7,9-14,17,25H,4,8,15-16H2,1-3H3. The fraction of sp³-hybridized carbons (Fsp3) is 0.333. The second-order valence-corrected chi connectivity index (χ2v) is 7.33. The van der Waals surface area contributed by atoms with Crippen molar-refractivity contribution < 1.29 is 14.3 Å². The van der Waals surface area contributed by atoms with E-state index < -0.39 is 0 Å². The fourth-order valence-electron chi connectivity index (χ4n) is 3.28. The molecule has 0 radical (unpaired) electrons. The molecule has 0 saturated carbocycles. The van der Waals surface area contributed by atoms with Gasteiger partial charge in [-0.25, -0.2) is 0 Å². The lowest BCUT2D eigenvalue weighted by molar-refractivity contribution is -0.137. The third-order valence-corrected chi connectivity index (χ3v) is 4.84. The number of hydrogen-bond acceptors (Lipinski definition) is 4. The Labute approximate surface area is 172 Å². The maximum absolute atomic E-state index is 13.1. The van der Waals surface area contributed by atoms with Gasteiger partial charge in [-0.3, -0.25) is 14.5 Å². The zero-order valence-electron chi connectivity index (χ0n) is 17.3. The summed E-state index contributed by atoms with van der Waals surface area (Å²) in [7, 11) is 0. The van der Waals surface area contributed by atoms with Crippen LogP contribution in [0.4, 0.5) is 5.69 Å². The van der Waals surface area contributed by atoms with E-state index in [2.05, 4.69) is 12.2 Å². The van der Waals surface area contributed by atoms with E-state index in [9.17, 15) is 9.59 Å². The van der Waals surface area contributed by atoms with Crippen LogP contribution in [-0.2, 0) is 20.7 Å². The molecule has 0 bridgehead atoms. The molecular formula is C24H28N2O3. The van der Waals surface area contributed by atoms with Crippen molar-refractivity contribution in [1.82, 2.24) is 4.90 Å². The van der Waals surface area contributed by atoms with Gasteiger partial charge in [-0.05, 0) is 49.9 Å². The molecule has 2 aromatic carbocycles. The summed E-state index contributed by atoms with van der Waals surface area (Å²) in [4.78, 5) is 27.5. The number of anilines is 1. The Morgan fingerprint density at radius 2 is 1.66 bits per heavy atom. The second-order valence-electron chi connectivity index (χ2n) is 7.33. The third-order valence-electron chi connectivity index (χ3n) is 4.84. The molecule has 1 aliphatic heterocycles. The van der Waals surface area contributed by atoms with Gasteiger partial charge in [0.25, 0.3) is 11.8 Å². The van der Waals surface area contributed by atoms with E-state index in [0.717, 1.165) is 17.7 Å². The van der Waals surface area contributed by atoms with Gasteiger partial charge in [0.15, 0.2) is 0 Å². The lowest BCUT2D eigenvalue weighted by atomic mass is 10.0. The molecule has 152 valence electrons. The Bertz CT molecular complexity index is 886. The monoisotopic (exact) mass is 392 g/mol. The smallest absolute Gasteiger partial charge is 0.278 e. The van der Waals surface area contributed by atoms with Crippen LogP contribution in [0.15, 0.2) is 60.3 Å². The van der Waals surface area contributed by atoms with E-state index in [4.69, 9.17) is 4.74 Å². The number of rotatable bonds is 9. The van der Waals surface area contributed by atoms with Crippen molar-refractivity contribution in [1.29, 1.82) is 0 Å². The van der Waals surface area contributed by atoms with Gasteiger partial charge in [0.1, 0.15) is 5.70 Å². The van der Waals surface area contributed by atoms with E-state index in [1.807, 2.05) is 68.4 Å². The van der Waals surface area contributed by atoms with Gasteiger partial charge in [-0.2, -0.15) is 0 Å². The van der Waals surface area contributed by atoms with Crippen LogP contribution >= 0.6 is 0 Å². The van der Waals surface area contributed by atoms with E-state index in [-0.39, 0.29) is 17.9 Å². The van der Waals surface area contributed by atoms with Crippen molar-refractivity contribution in [3.8, 4) is 0 Å². The number of amides is 2. The summed E-state index contributed by atoms with van der Waals surface area (Å²) in [5.41, 5.74) is 3.49. The summed E-state index contributed by atoms with van der Waals surface area (Å²) < 4.78 is 5.55. The van der Waals surface area contributed by atoms with Crippen LogP contribution < -0.4 is 5.32 Å². The van der Waals surface area contributed by atoms with Crippen molar-refractivity contribution in [2.24, 2.45) is 0 Å². The average molecular weight is 392 g/mol. The molecule has 29 heavy (non-hydrogen) atoms. The highest BCUT2D eigenvalue weighted by atomic mass is 16.5. The highest BCUT2D eigenvalue weighted by Gasteiger charge is 2.38. The van der Waals surface area contributed by atoms with Crippen LogP contribution in [0.25, 0.3) is 5.57 Å². The summed E-state index contributed by atoms with van der Waals surface area (Å²) in [6, 6.07) is 17.3. The minimum atomic E-state index is -0.294. The molecule has 0 aromatic heterocycles. The number of carbonyl (C=O) groups is 2. The highest BCUT2D eigenvalue weighted by molar-refractivity contribution is 6.36. The van der Waals surface area contributed by atoms with Gasteiger partial charge in [0.2, 0.25) is 0 Å². The number of benzene rings is 2. The van der Waals surface area contributed by atoms with Crippen molar-refractivity contribution in [2.45, 2.75) is 39.7 Å². The van der Waals surface area contributed by atoms with Gasteiger partial charge in [-0.15, -0.1) is 0 Å². The zero-order valence-corrected chi connectivity index (χ0v) is 17.3. The molecule has 0 aliphatic carbocycles. The quantitative estimate of drug-likeness (QED) is 0.512. The first-order chi connectivity index (χ1) is 14.0. The van der Waals surface area contributed by atoms with Gasteiger partial charge < -0.3 is 10.1 Å². The van der Waals surface area contributed by atoms with E-state index >= 15 is 0 Å². The first-order valence-electron chi connectivity index (χ1n) is 10.1. The number of aryl methyl sites for hydroxylation is 1. The number of imide groups is 1. The second kappa shape index (κ2) is 9.52. The van der Waals surface area contributed by atoms with Crippen LogP contribution in [0.3, 0.4) is 0 Å². The normalized spacial score (nSPS) is 14.3. The maximum atomic E-state index is 13.1. The van der Waals surface area contributed by atoms with E-state index in [1.54, 1.807) is 0 Å². The summed E-state index contributed by atoms with van der Waals surface area (Å²) in [5, 5.41) is 3.20. The minimum absolute atomic E-state index is 0.126. The molecule has 5 nitrogen and oxygen atoms in total. The molecule has 0 unspecified atom stereocenters. The lowest BCUT2D eigenvalue weighted by Gasteiger charge is -2.16. The molecule has 2 amide bonds. The van der Waals surface area contributed by atoms with Crippen LogP contribution in [0.2, 0.25) is 0 Å². The molecule has 2 aromatic rings. The number of ether oxygens (including phenoxy) is 1. The van der Waals surface area contributed by atoms with Gasteiger partial charge in [-0.1, -0.05) is 49.4 Å². The van der Waals surface area contributed by atoms with Crippen LogP contribution in [0.5, 0.6) is 0 Å². The topological polar surface area (TPSA) is 58.6 Å². The Kier molecular flexibility index (Phi) is 6.83. The van der Waals surface area contributed by atoms with Crippen molar-refractivity contribution in [3.63, 3.8) is 0 Å². The van der Waals surface area contributed by atoms with Crippen molar-refractivity contribution in [2.75, 3.05) is 18.5 Å². The number of nitrogens with one attached hydrogen (secondary N) is 1. The summed E-state index contributed by atoms with van der Waals surface area (Å²) in [5.74, 6) is -0.559. The molecule has 0 atom stereocenters. The van der Waals surface area contributed by atoms with Crippen LogP contribution in [0, 0.1) is 0 Å². The molecule has 3 rings (SSSR count). The molecule has 1 aliphatic rings. The highest BCUT2D eigenvalue weighted by Crippen LogP contribution is 2.30. The van der Waals surface area contributed by atoms with Gasteiger partial charge >= 0.3 is 0 Å². The predicted octanol–water partition coefficient (Wildman–Crippen LogP) is 4.26. The molecule has 0 spiro atoms. The number of hydrogen-bond donors (Lipinski definition) is 1. The van der Waals surface area contributed by atoms with Crippen molar-refractivity contribution >= 4 is 23.1 Å². The molecule has 0 saturated heterocycles. The Morgan fingerprint density at radius 3 is 2.28 bits per heavy atom. The van der Waals surface area contributed by atoms with Crippen molar-refractivity contribution in [3.05, 3.63) is 71.4 Å². The van der Waals surface area contributed by atoms with Crippen LogP contribution in [-0.4, -0.2) is 36.0 Å². The first-order valence-corrected chi connectivity index (χ1v) is 10.1. The average Bonchev–Trinajstić information content (AvgIpc) is 2.96.